The van der Waals surface area contributed by atoms with Crippen molar-refractivity contribution in [2.45, 2.75) is 26.3 Å². The maximum Gasteiger partial charge on any atom is 0.166 e. The van der Waals surface area contributed by atoms with Crippen molar-refractivity contribution in [3.05, 3.63) is 28.9 Å². The fourth-order valence-corrected chi connectivity index (χ4v) is 2.78. The molecule has 1 unspecified atom stereocenters. The topological polar surface area (TPSA) is 50.7 Å². The van der Waals surface area contributed by atoms with Crippen molar-refractivity contribution in [2.24, 2.45) is 0 Å². The molecule has 0 aromatic carbocycles. The molecular formula is C12H16N4S. The summed E-state index contributed by atoms with van der Waals surface area (Å²) in [6, 6.07) is 4.26. The lowest BCUT2D eigenvalue weighted by molar-refractivity contribution is 0.568. The summed E-state index contributed by atoms with van der Waals surface area (Å²) >= 11 is 1.61. The van der Waals surface area contributed by atoms with Crippen LogP contribution in [0.25, 0.3) is 10.7 Å². The van der Waals surface area contributed by atoms with E-state index in [9.17, 15) is 0 Å². The van der Waals surface area contributed by atoms with Crippen LogP contribution < -0.4 is 5.32 Å². The molecule has 0 fully saturated rings. The Hall–Kier alpha value is -1.33. The van der Waals surface area contributed by atoms with E-state index < -0.39 is 0 Å². The molecule has 2 rings (SSSR count). The Balaban J connectivity index is 2.33. The molecule has 0 saturated heterocycles. The van der Waals surface area contributed by atoms with Crippen molar-refractivity contribution in [3.8, 4) is 10.7 Å². The van der Waals surface area contributed by atoms with Crippen LogP contribution in [0, 0.1) is 6.92 Å². The SMILES string of the molecule is CCC(NC)c1nnc(-c2ncccc2C)s1. The van der Waals surface area contributed by atoms with Crippen LogP contribution in [0.4, 0.5) is 0 Å². The minimum Gasteiger partial charge on any atom is -0.311 e. The molecule has 0 radical (unpaired) electrons. The van der Waals surface area contributed by atoms with Crippen LogP contribution in [-0.2, 0) is 0 Å². The van der Waals surface area contributed by atoms with Crippen molar-refractivity contribution >= 4 is 11.3 Å². The smallest absolute Gasteiger partial charge is 0.166 e. The van der Waals surface area contributed by atoms with Gasteiger partial charge in [0, 0.05) is 6.20 Å². The van der Waals surface area contributed by atoms with E-state index in [0.29, 0.717) is 0 Å². The van der Waals surface area contributed by atoms with Gasteiger partial charge in [0.05, 0.1) is 6.04 Å². The molecule has 0 aliphatic carbocycles. The largest absolute Gasteiger partial charge is 0.311 e. The minimum atomic E-state index is 0.283. The first kappa shape index (κ1) is 12.1. The van der Waals surface area contributed by atoms with E-state index in [1.54, 1.807) is 17.5 Å². The number of nitrogens with zero attached hydrogens (tertiary/aromatic N) is 3. The van der Waals surface area contributed by atoms with Gasteiger partial charge in [-0.15, -0.1) is 10.2 Å². The molecule has 17 heavy (non-hydrogen) atoms. The Morgan fingerprint density at radius 2 is 2.24 bits per heavy atom. The Morgan fingerprint density at radius 3 is 2.88 bits per heavy atom. The fraction of sp³-hybridized carbons (Fsp3) is 0.417. The second-order valence-electron chi connectivity index (χ2n) is 3.86. The summed E-state index contributed by atoms with van der Waals surface area (Å²) in [5.74, 6) is 0. The predicted molar refractivity (Wildman–Crippen MR) is 70.0 cm³/mol. The molecule has 1 N–H and O–H groups in total. The molecule has 0 aliphatic heterocycles. The van der Waals surface area contributed by atoms with E-state index in [4.69, 9.17) is 0 Å². The van der Waals surface area contributed by atoms with Crippen LogP contribution in [0.3, 0.4) is 0 Å². The van der Waals surface area contributed by atoms with Crippen molar-refractivity contribution < 1.29 is 0 Å². The minimum absolute atomic E-state index is 0.283. The van der Waals surface area contributed by atoms with Gasteiger partial charge in [-0.3, -0.25) is 4.98 Å². The van der Waals surface area contributed by atoms with Gasteiger partial charge in [-0.25, -0.2) is 0 Å². The first-order valence-corrected chi connectivity index (χ1v) is 6.50. The van der Waals surface area contributed by atoms with E-state index in [1.807, 2.05) is 26.1 Å². The molecule has 2 heterocycles. The van der Waals surface area contributed by atoms with Crippen LogP contribution in [-0.4, -0.2) is 22.2 Å². The molecule has 90 valence electrons. The highest BCUT2D eigenvalue weighted by atomic mass is 32.1. The molecule has 2 aromatic heterocycles. The van der Waals surface area contributed by atoms with Gasteiger partial charge in [0.15, 0.2) is 5.01 Å². The number of hydrogen-bond acceptors (Lipinski definition) is 5. The van der Waals surface area contributed by atoms with Gasteiger partial charge >= 0.3 is 0 Å². The highest BCUT2D eigenvalue weighted by Crippen LogP contribution is 2.28. The molecule has 0 amide bonds. The third-order valence-electron chi connectivity index (χ3n) is 2.71. The van der Waals surface area contributed by atoms with E-state index in [-0.39, 0.29) is 6.04 Å². The summed E-state index contributed by atoms with van der Waals surface area (Å²) in [4.78, 5) is 4.36. The van der Waals surface area contributed by atoms with E-state index in [2.05, 4.69) is 27.4 Å². The quantitative estimate of drug-likeness (QED) is 0.903. The lowest BCUT2D eigenvalue weighted by Crippen LogP contribution is -2.14. The van der Waals surface area contributed by atoms with Gasteiger partial charge in [-0.05, 0) is 32.0 Å². The lowest BCUT2D eigenvalue weighted by Gasteiger charge is -2.08. The number of pyridine rings is 1. The number of nitrogens with one attached hydrogen (secondary N) is 1. The average Bonchev–Trinajstić information content (AvgIpc) is 2.81. The summed E-state index contributed by atoms with van der Waals surface area (Å²) in [5.41, 5.74) is 2.06. The summed E-state index contributed by atoms with van der Waals surface area (Å²) in [6.45, 7) is 4.17. The zero-order valence-electron chi connectivity index (χ0n) is 10.3. The molecular weight excluding hydrogens is 232 g/mol. The van der Waals surface area contributed by atoms with E-state index in [0.717, 1.165) is 27.7 Å². The molecule has 1 atom stereocenters. The van der Waals surface area contributed by atoms with Crippen LogP contribution >= 0.6 is 11.3 Å². The highest BCUT2D eigenvalue weighted by Gasteiger charge is 2.15. The van der Waals surface area contributed by atoms with Crippen LogP contribution in [0.1, 0.15) is 30.0 Å². The van der Waals surface area contributed by atoms with Crippen LogP contribution in [0.15, 0.2) is 18.3 Å². The first-order chi connectivity index (χ1) is 8.26. The maximum atomic E-state index is 4.36. The predicted octanol–water partition coefficient (Wildman–Crippen LogP) is 2.58. The normalized spacial score (nSPS) is 12.6. The Kier molecular flexibility index (Phi) is 3.81. The number of aromatic nitrogens is 3. The molecule has 0 bridgehead atoms. The van der Waals surface area contributed by atoms with Crippen LogP contribution in [0.5, 0.6) is 0 Å². The third kappa shape index (κ3) is 2.50. The van der Waals surface area contributed by atoms with Gasteiger partial charge in [0.25, 0.3) is 0 Å². The van der Waals surface area contributed by atoms with Gasteiger partial charge < -0.3 is 5.32 Å². The molecule has 0 aliphatic rings. The zero-order valence-corrected chi connectivity index (χ0v) is 11.1. The Bertz CT molecular complexity index is 491. The second kappa shape index (κ2) is 5.33. The summed E-state index contributed by atoms with van der Waals surface area (Å²) in [6.07, 6.45) is 2.80. The molecule has 5 heteroatoms. The Labute approximate surface area is 105 Å². The van der Waals surface area contributed by atoms with Crippen LogP contribution in [0.2, 0.25) is 0 Å². The second-order valence-corrected chi connectivity index (χ2v) is 4.87. The first-order valence-electron chi connectivity index (χ1n) is 5.69. The third-order valence-corrected chi connectivity index (χ3v) is 3.75. The maximum absolute atomic E-state index is 4.36. The van der Waals surface area contributed by atoms with E-state index in [1.165, 1.54) is 0 Å². The van der Waals surface area contributed by atoms with Gasteiger partial charge in [0.2, 0.25) is 0 Å². The van der Waals surface area contributed by atoms with Gasteiger partial charge in [0.1, 0.15) is 10.7 Å². The van der Waals surface area contributed by atoms with Crippen molar-refractivity contribution in [1.29, 1.82) is 0 Å². The van der Waals surface area contributed by atoms with Gasteiger partial charge in [-0.1, -0.05) is 24.3 Å². The number of aryl methyl sites for hydroxylation is 1. The van der Waals surface area contributed by atoms with Gasteiger partial charge in [-0.2, -0.15) is 0 Å². The van der Waals surface area contributed by atoms with Crippen molar-refractivity contribution in [3.63, 3.8) is 0 Å². The summed E-state index contributed by atoms with van der Waals surface area (Å²) in [7, 11) is 1.95. The average molecular weight is 248 g/mol. The Morgan fingerprint density at radius 1 is 1.41 bits per heavy atom. The molecule has 2 aromatic rings. The number of rotatable bonds is 4. The standard InChI is InChI=1S/C12H16N4S/c1-4-9(13-3)11-15-16-12(17-11)10-8(2)6-5-7-14-10/h5-7,9,13H,4H2,1-3H3. The zero-order chi connectivity index (χ0) is 12.3. The fourth-order valence-electron chi connectivity index (χ4n) is 1.68. The lowest BCUT2D eigenvalue weighted by atomic mass is 10.2. The number of hydrogen-bond donors (Lipinski definition) is 1. The summed E-state index contributed by atoms with van der Waals surface area (Å²) in [5, 5.41) is 13.6. The van der Waals surface area contributed by atoms with Crippen molar-refractivity contribution in [2.75, 3.05) is 7.05 Å². The molecule has 0 spiro atoms. The monoisotopic (exact) mass is 248 g/mol. The molecule has 4 nitrogen and oxygen atoms in total. The van der Waals surface area contributed by atoms with E-state index >= 15 is 0 Å². The molecule has 0 saturated carbocycles. The van der Waals surface area contributed by atoms with Crippen molar-refractivity contribution in [1.82, 2.24) is 20.5 Å². The highest BCUT2D eigenvalue weighted by molar-refractivity contribution is 7.14. The summed E-state index contributed by atoms with van der Waals surface area (Å²) < 4.78 is 0.